The second-order valence-electron chi connectivity index (χ2n) is 7.37. The fourth-order valence-corrected chi connectivity index (χ4v) is 3.53. The van der Waals surface area contributed by atoms with E-state index in [1.165, 1.54) is 0 Å². The van der Waals surface area contributed by atoms with E-state index in [4.69, 9.17) is 0 Å². The number of nitrogens with one attached hydrogen (secondary N) is 2. The van der Waals surface area contributed by atoms with E-state index in [9.17, 15) is 5.26 Å². The van der Waals surface area contributed by atoms with Crippen LogP contribution in [0.25, 0.3) is 0 Å². The number of nitriles is 1. The average molecular weight is 392 g/mol. The van der Waals surface area contributed by atoms with Crippen molar-refractivity contribution in [3.63, 3.8) is 0 Å². The minimum atomic E-state index is 0.266. The molecule has 0 amide bonds. The van der Waals surface area contributed by atoms with Gasteiger partial charge >= 0.3 is 0 Å². The highest BCUT2D eigenvalue weighted by molar-refractivity contribution is 5.80. The van der Waals surface area contributed by atoms with Gasteiger partial charge in [-0.1, -0.05) is 18.2 Å². The quantitative estimate of drug-likeness (QED) is 0.602. The molecule has 7 nitrogen and oxygen atoms in total. The highest BCUT2D eigenvalue weighted by Crippen LogP contribution is 2.23. The molecule has 1 aliphatic rings. The molecule has 7 heteroatoms. The maximum Gasteiger partial charge on any atom is 0.191 e. The average Bonchev–Trinajstić information content (AvgIpc) is 2.77. The van der Waals surface area contributed by atoms with Crippen LogP contribution in [-0.2, 0) is 6.54 Å². The molecule has 1 aromatic carbocycles. The molecule has 1 atom stereocenters. The van der Waals surface area contributed by atoms with E-state index in [-0.39, 0.29) is 6.04 Å². The molecule has 1 fully saturated rings. The van der Waals surface area contributed by atoms with Crippen molar-refractivity contribution in [2.45, 2.75) is 25.4 Å². The number of pyridine rings is 1. The first-order valence-electron chi connectivity index (χ1n) is 9.95. The van der Waals surface area contributed by atoms with Gasteiger partial charge < -0.3 is 20.4 Å². The zero-order chi connectivity index (χ0) is 20.6. The van der Waals surface area contributed by atoms with Crippen molar-refractivity contribution < 1.29 is 0 Å². The summed E-state index contributed by atoms with van der Waals surface area (Å²) in [5, 5.41) is 16.3. The highest BCUT2D eigenvalue weighted by Gasteiger charge is 2.22. The number of rotatable bonds is 5. The topological polar surface area (TPSA) is 79.6 Å². The number of benzene rings is 1. The molecular weight excluding hydrogens is 362 g/mol. The molecule has 1 aromatic heterocycles. The minimum Gasteiger partial charge on any atom is -0.368 e. The predicted molar refractivity (Wildman–Crippen MR) is 118 cm³/mol. The van der Waals surface area contributed by atoms with Crippen molar-refractivity contribution in [1.29, 1.82) is 5.26 Å². The van der Waals surface area contributed by atoms with Crippen LogP contribution in [0.4, 0.5) is 11.5 Å². The Labute approximate surface area is 173 Å². The second-order valence-corrected chi connectivity index (χ2v) is 7.37. The normalized spacial score (nSPS) is 16.8. The van der Waals surface area contributed by atoms with Crippen molar-refractivity contribution in [1.82, 2.24) is 15.6 Å². The maximum atomic E-state index is 9.40. The molecule has 0 radical (unpaired) electrons. The van der Waals surface area contributed by atoms with Crippen molar-refractivity contribution in [2.24, 2.45) is 4.99 Å². The number of aliphatic imine (C=N–C) groups is 1. The molecule has 1 saturated heterocycles. The van der Waals surface area contributed by atoms with Crippen LogP contribution in [0.1, 0.15) is 24.1 Å². The van der Waals surface area contributed by atoms with E-state index in [1.807, 2.05) is 61.5 Å². The van der Waals surface area contributed by atoms with Crippen LogP contribution >= 0.6 is 0 Å². The maximum absolute atomic E-state index is 9.40. The Morgan fingerprint density at radius 3 is 2.86 bits per heavy atom. The highest BCUT2D eigenvalue weighted by atomic mass is 15.2. The Bertz CT molecular complexity index is 885. The number of para-hydroxylation sites is 1. The zero-order valence-electron chi connectivity index (χ0n) is 17.4. The molecule has 0 spiro atoms. The van der Waals surface area contributed by atoms with Gasteiger partial charge in [-0.05, 0) is 37.1 Å². The molecule has 0 saturated carbocycles. The van der Waals surface area contributed by atoms with Crippen LogP contribution < -0.4 is 20.4 Å². The summed E-state index contributed by atoms with van der Waals surface area (Å²) in [6.07, 6.45) is 2.14. The lowest BCUT2D eigenvalue weighted by atomic mass is 10.0. The Hall–Kier alpha value is -3.27. The van der Waals surface area contributed by atoms with Gasteiger partial charge in [-0.15, -0.1) is 0 Å². The molecule has 3 rings (SSSR count). The SMILES string of the molecule is CN=C(NCc1cccc(N(C)C)n1)NC1CCCN(c2ccccc2C#N)C1. The lowest BCUT2D eigenvalue weighted by molar-refractivity contribution is 0.467. The smallest absolute Gasteiger partial charge is 0.191 e. The van der Waals surface area contributed by atoms with Gasteiger partial charge in [0.05, 0.1) is 23.5 Å². The van der Waals surface area contributed by atoms with E-state index in [1.54, 1.807) is 7.05 Å². The van der Waals surface area contributed by atoms with Gasteiger partial charge in [0.1, 0.15) is 11.9 Å². The summed E-state index contributed by atoms with van der Waals surface area (Å²) in [5.74, 6) is 1.70. The first-order chi connectivity index (χ1) is 14.1. The largest absolute Gasteiger partial charge is 0.368 e. The van der Waals surface area contributed by atoms with Gasteiger partial charge in [-0.25, -0.2) is 4.98 Å². The third kappa shape index (κ3) is 5.38. The van der Waals surface area contributed by atoms with E-state index in [0.29, 0.717) is 6.54 Å². The first kappa shape index (κ1) is 20.5. The number of hydrogen-bond donors (Lipinski definition) is 2. The molecule has 1 unspecified atom stereocenters. The number of anilines is 2. The van der Waals surface area contributed by atoms with Crippen LogP contribution in [-0.4, -0.2) is 51.2 Å². The second kappa shape index (κ2) is 9.78. The van der Waals surface area contributed by atoms with Crippen LogP contribution in [0, 0.1) is 11.3 Å². The summed E-state index contributed by atoms with van der Waals surface area (Å²) in [6.45, 7) is 2.41. The van der Waals surface area contributed by atoms with E-state index in [2.05, 4.69) is 31.6 Å². The zero-order valence-corrected chi connectivity index (χ0v) is 17.4. The summed E-state index contributed by atoms with van der Waals surface area (Å²) in [5.41, 5.74) is 2.70. The lowest BCUT2D eigenvalue weighted by Crippen LogP contribution is -2.51. The summed E-state index contributed by atoms with van der Waals surface area (Å²) in [7, 11) is 5.75. The summed E-state index contributed by atoms with van der Waals surface area (Å²) in [6, 6.07) is 16.4. The van der Waals surface area contributed by atoms with Gasteiger partial charge in [0.15, 0.2) is 5.96 Å². The first-order valence-corrected chi connectivity index (χ1v) is 9.95. The molecule has 1 aliphatic heterocycles. The monoisotopic (exact) mass is 391 g/mol. The molecule has 0 bridgehead atoms. The summed E-state index contributed by atoms with van der Waals surface area (Å²) in [4.78, 5) is 13.3. The number of hydrogen-bond acceptors (Lipinski definition) is 5. The fourth-order valence-electron chi connectivity index (χ4n) is 3.53. The molecule has 0 aliphatic carbocycles. The number of piperidine rings is 1. The van der Waals surface area contributed by atoms with Crippen LogP contribution in [0.5, 0.6) is 0 Å². The third-order valence-corrected chi connectivity index (χ3v) is 5.04. The minimum absolute atomic E-state index is 0.266. The molecule has 152 valence electrons. The van der Waals surface area contributed by atoms with Gasteiger partial charge in [-0.3, -0.25) is 4.99 Å². The van der Waals surface area contributed by atoms with Crippen molar-refractivity contribution in [3.05, 3.63) is 53.7 Å². The van der Waals surface area contributed by atoms with Gasteiger partial charge in [-0.2, -0.15) is 5.26 Å². The molecule has 2 heterocycles. The number of aromatic nitrogens is 1. The fraction of sp³-hybridized carbons (Fsp3) is 0.409. The number of guanidine groups is 1. The predicted octanol–water partition coefficient (Wildman–Crippen LogP) is 2.35. The summed E-state index contributed by atoms with van der Waals surface area (Å²) >= 11 is 0. The Morgan fingerprint density at radius 1 is 1.28 bits per heavy atom. The van der Waals surface area contributed by atoms with Crippen LogP contribution in [0.3, 0.4) is 0 Å². The Balaban J connectivity index is 1.59. The lowest BCUT2D eigenvalue weighted by Gasteiger charge is -2.35. The molecule has 2 aromatic rings. The molecular formula is C22H29N7. The van der Waals surface area contributed by atoms with Crippen LogP contribution in [0.15, 0.2) is 47.5 Å². The third-order valence-electron chi connectivity index (χ3n) is 5.04. The molecule has 29 heavy (non-hydrogen) atoms. The molecule has 2 N–H and O–H groups in total. The van der Waals surface area contributed by atoms with Crippen LogP contribution in [0.2, 0.25) is 0 Å². The van der Waals surface area contributed by atoms with Crippen molar-refractivity contribution >= 4 is 17.5 Å². The van der Waals surface area contributed by atoms with E-state index >= 15 is 0 Å². The standard InChI is InChI=1S/C22H29N7/c1-24-22(25-15-18-9-6-12-21(26-18)28(2)3)27-19-10-7-13-29(16-19)20-11-5-4-8-17(20)14-23/h4-6,8-9,11-12,19H,7,10,13,15-16H2,1-3H3,(H2,24,25,27). The van der Waals surface area contributed by atoms with Crippen molar-refractivity contribution in [2.75, 3.05) is 44.0 Å². The Kier molecular flexibility index (Phi) is 6.90. The Morgan fingerprint density at radius 2 is 2.10 bits per heavy atom. The summed E-state index contributed by atoms with van der Waals surface area (Å²) < 4.78 is 0. The van der Waals surface area contributed by atoms with E-state index < -0.39 is 0 Å². The van der Waals surface area contributed by atoms with E-state index in [0.717, 1.165) is 54.7 Å². The van der Waals surface area contributed by atoms with Gasteiger partial charge in [0.25, 0.3) is 0 Å². The van der Waals surface area contributed by atoms with Gasteiger partial charge in [0, 0.05) is 40.3 Å². The van der Waals surface area contributed by atoms with Gasteiger partial charge in [0.2, 0.25) is 0 Å². The number of nitrogens with zero attached hydrogens (tertiary/aromatic N) is 5. The van der Waals surface area contributed by atoms with Crippen molar-refractivity contribution in [3.8, 4) is 6.07 Å².